The van der Waals surface area contributed by atoms with E-state index in [1.165, 1.54) is 27.8 Å². The summed E-state index contributed by atoms with van der Waals surface area (Å²) in [6, 6.07) is 12.5. The molecular formula is C16H18O. The first-order valence-electron chi connectivity index (χ1n) is 5.91. The van der Waals surface area contributed by atoms with Gasteiger partial charge in [0, 0.05) is 0 Å². The van der Waals surface area contributed by atoms with Crippen LogP contribution in [-0.2, 0) is 6.61 Å². The number of aryl methyl sites for hydroxylation is 2. The molecule has 1 N–H and O–H groups in total. The molecule has 0 aromatic heterocycles. The van der Waals surface area contributed by atoms with Gasteiger partial charge in [-0.3, -0.25) is 0 Å². The topological polar surface area (TPSA) is 20.2 Å². The number of aliphatic hydroxyl groups is 1. The van der Waals surface area contributed by atoms with Gasteiger partial charge in [-0.25, -0.2) is 0 Å². The highest BCUT2D eigenvalue weighted by molar-refractivity contribution is 5.72. The zero-order chi connectivity index (χ0) is 12.4. The van der Waals surface area contributed by atoms with E-state index in [4.69, 9.17) is 0 Å². The second kappa shape index (κ2) is 4.72. The molecule has 0 saturated heterocycles. The quantitative estimate of drug-likeness (QED) is 0.826. The van der Waals surface area contributed by atoms with Gasteiger partial charge in [-0.15, -0.1) is 0 Å². The molecule has 0 unspecified atom stereocenters. The molecule has 0 saturated carbocycles. The highest BCUT2D eigenvalue weighted by Gasteiger charge is 2.11. The van der Waals surface area contributed by atoms with Crippen molar-refractivity contribution in [1.29, 1.82) is 0 Å². The SMILES string of the molecule is Cc1cc(C)c(-c2ccccc2)c(C)c1CO. The third-order valence-electron chi connectivity index (χ3n) is 3.35. The summed E-state index contributed by atoms with van der Waals surface area (Å²) in [6.45, 7) is 6.38. The highest BCUT2D eigenvalue weighted by Crippen LogP contribution is 2.31. The number of hydrogen-bond acceptors (Lipinski definition) is 1. The number of rotatable bonds is 2. The van der Waals surface area contributed by atoms with E-state index >= 15 is 0 Å². The Balaban J connectivity index is 2.70. The van der Waals surface area contributed by atoms with Crippen molar-refractivity contribution in [1.82, 2.24) is 0 Å². The molecule has 0 aliphatic heterocycles. The molecule has 2 aromatic carbocycles. The van der Waals surface area contributed by atoms with Crippen molar-refractivity contribution in [3.8, 4) is 11.1 Å². The van der Waals surface area contributed by atoms with Crippen LogP contribution < -0.4 is 0 Å². The Labute approximate surface area is 103 Å². The van der Waals surface area contributed by atoms with E-state index in [0.29, 0.717) is 0 Å². The van der Waals surface area contributed by atoms with Crippen molar-refractivity contribution in [3.05, 3.63) is 58.7 Å². The van der Waals surface area contributed by atoms with E-state index in [1.54, 1.807) is 0 Å². The first-order valence-corrected chi connectivity index (χ1v) is 5.91. The van der Waals surface area contributed by atoms with Crippen LogP contribution in [0.25, 0.3) is 11.1 Å². The van der Waals surface area contributed by atoms with E-state index in [2.05, 4.69) is 39.0 Å². The van der Waals surface area contributed by atoms with Crippen LogP contribution in [0.15, 0.2) is 36.4 Å². The van der Waals surface area contributed by atoms with Crippen molar-refractivity contribution >= 4 is 0 Å². The highest BCUT2D eigenvalue weighted by atomic mass is 16.3. The predicted molar refractivity (Wildman–Crippen MR) is 72.0 cm³/mol. The van der Waals surface area contributed by atoms with E-state index < -0.39 is 0 Å². The van der Waals surface area contributed by atoms with Gasteiger partial charge in [0.1, 0.15) is 0 Å². The van der Waals surface area contributed by atoms with Crippen molar-refractivity contribution in [3.63, 3.8) is 0 Å². The fraction of sp³-hybridized carbons (Fsp3) is 0.250. The van der Waals surface area contributed by atoms with Crippen molar-refractivity contribution in [2.24, 2.45) is 0 Å². The Morgan fingerprint density at radius 3 is 2.18 bits per heavy atom. The van der Waals surface area contributed by atoms with Crippen LogP contribution in [0.4, 0.5) is 0 Å². The van der Waals surface area contributed by atoms with Gasteiger partial charge >= 0.3 is 0 Å². The third-order valence-corrected chi connectivity index (χ3v) is 3.35. The maximum Gasteiger partial charge on any atom is 0.0687 e. The van der Waals surface area contributed by atoms with Gasteiger partial charge in [0.25, 0.3) is 0 Å². The maximum absolute atomic E-state index is 9.46. The Morgan fingerprint density at radius 1 is 0.941 bits per heavy atom. The molecular weight excluding hydrogens is 208 g/mol. The number of benzene rings is 2. The summed E-state index contributed by atoms with van der Waals surface area (Å²) in [5.74, 6) is 0. The fourth-order valence-corrected chi connectivity index (χ4v) is 2.52. The van der Waals surface area contributed by atoms with Crippen LogP contribution >= 0.6 is 0 Å². The molecule has 2 rings (SSSR count). The standard InChI is InChI=1S/C16H18O/c1-11-9-12(2)16(13(3)15(11)10-17)14-7-5-4-6-8-14/h4-9,17H,10H2,1-3H3. The van der Waals surface area contributed by atoms with Crippen LogP contribution in [0.5, 0.6) is 0 Å². The van der Waals surface area contributed by atoms with Gasteiger partial charge in [-0.05, 0) is 54.2 Å². The van der Waals surface area contributed by atoms with Crippen molar-refractivity contribution in [2.45, 2.75) is 27.4 Å². The fourth-order valence-electron chi connectivity index (χ4n) is 2.52. The lowest BCUT2D eigenvalue weighted by Crippen LogP contribution is -1.98. The summed E-state index contributed by atoms with van der Waals surface area (Å²) >= 11 is 0. The summed E-state index contributed by atoms with van der Waals surface area (Å²) in [7, 11) is 0. The molecule has 0 fully saturated rings. The molecule has 0 amide bonds. The second-order valence-corrected chi connectivity index (χ2v) is 4.51. The van der Waals surface area contributed by atoms with Gasteiger partial charge in [0.15, 0.2) is 0 Å². The van der Waals surface area contributed by atoms with Crippen LogP contribution in [-0.4, -0.2) is 5.11 Å². The van der Waals surface area contributed by atoms with Crippen molar-refractivity contribution in [2.75, 3.05) is 0 Å². The smallest absolute Gasteiger partial charge is 0.0687 e. The number of hydrogen-bond donors (Lipinski definition) is 1. The number of aliphatic hydroxyl groups excluding tert-OH is 1. The van der Waals surface area contributed by atoms with E-state index in [1.807, 2.05) is 18.2 Å². The van der Waals surface area contributed by atoms with E-state index in [9.17, 15) is 5.11 Å². The summed E-state index contributed by atoms with van der Waals surface area (Å²) in [6.07, 6.45) is 0. The average molecular weight is 226 g/mol. The molecule has 2 aromatic rings. The van der Waals surface area contributed by atoms with Crippen LogP contribution in [0, 0.1) is 20.8 Å². The first kappa shape index (κ1) is 11.9. The molecule has 0 atom stereocenters. The largest absolute Gasteiger partial charge is 0.392 e. The first-order chi connectivity index (χ1) is 8.15. The third kappa shape index (κ3) is 2.11. The molecule has 1 nitrogen and oxygen atoms in total. The molecule has 0 radical (unpaired) electrons. The summed E-state index contributed by atoms with van der Waals surface area (Å²) in [5.41, 5.74) is 7.15. The van der Waals surface area contributed by atoms with Gasteiger partial charge in [0.05, 0.1) is 6.61 Å². The van der Waals surface area contributed by atoms with Crippen LogP contribution in [0.1, 0.15) is 22.3 Å². The monoisotopic (exact) mass is 226 g/mol. The van der Waals surface area contributed by atoms with E-state index in [0.717, 1.165) is 5.56 Å². The molecule has 0 aliphatic carbocycles. The zero-order valence-corrected chi connectivity index (χ0v) is 10.6. The van der Waals surface area contributed by atoms with Gasteiger partial charge < -0.3 is 5.11 Å². The molecule has 0 aliphatic rings. The van der Waals surface area contributed by atoms with Crippen LogP contribution in [0.2, 0.25) is 0 Å². The molecule has 0 spiro atoms. The normalized spacial score (nSPS) is 10.6. The average Bonchev–Trinajstić information content (AvgIpc) is 2.30. The second-order valence-electron chi connectivity index (χ2n) is 4.51. The zero-order valence-electron chi connectivity index (χ0n) is 10.6. The van der Waals surface area contributed by atoms with E-state index in [-0.39, 0.29) is 6.61 Å². The lowest BCUT2D eigenvalue weighted by molar-refractivity contribution is 0.280. The van der Waals surface area contributed by atoms with Gasteiger partial charge in [-0.1, -0.05) is 36.4 Å². The minimum absolute atomic E-state index is 0.109. The summed E-state index contributed by atoms with van der Waals surface area (Å²) < 4.78 is 0. The molecule has 0 heterocycles. The lowest BCUT2D eigenvalue weighted by atomic mass is 9.90. The Kier molecular flexibility index (Phi) is 3.30. The Hall–Kier alpha value is -1.60. The molecule has 17 heavy (non-hydrogen) atoms. The Bertz CT molecular complexity index is 527. The molecule has 0 bridgehead atoms. The van der Waals surface area contributed by atoms with Gasteiger partial charge in [0.2, 0.25) is 0 Å². The van der Waals surface area contributed by atoms with Gasteiger partial charge in [-0.2, -0.15) is 0 Å². The molecule has 1 heteroatoms. The molecule has 88 valence electrons. The maximum atomic E-state index is 9.46. The Morgan fingerprint density at radius 2 is 1.59 bits per heavy atom. The predicted octanol–water partition coefficient (Wildman–Crippen LogP) is 3.77. The van der Waals surface area contributed by atoms with Crippen LogP contribution in [0.3, 0.4) is 0 Å². The summed E-state index contributed by atoms with van der Waals surface area (Å²) in [5, 5.41) is 9.46. The minimum Gasteiger partial charge on any atom is -0.392 e. The minimum atomic E-state index is 0.109. The summed E-state index contributed by atoms with van der Waals surface area (Å²) in [4.78, 5) is 0. The van der Waals surface area contributed by atoms with Crippen molar-refractivity contribution < 1.29 is 5.11 Å². The lowest BCUT2D eigenvalue weighted by Gasteiger charge is -2.16.